The van der Waals surface area contributed by atoms with Gasteiger partial charge in [-0.3, -0.25) is 0 Å². The lowest BCUT2D eigenvalue weighted by molar-refractivity contribution is 1.35. The Kier molecular flexibility index (Phi) is 4.95. The van der Waals surface area contributed by atoms with E-state index in [4.69, 9.17) is 4.98 Å². The van der Waals surface area contributed by atoms with Gasteiger partial charge in [0.05, 0.1) is 15.9 Å². The number of hydrogen-bond donors (Lipinski definition) is 0. The van der Waals surface area contributed by atoms with Crippen molar-refractivity contribution >= 4 is 21.6 Å². The summed E-state index contributed by atoms with van der Waals surface area (Å²) in [6.07, 6.45) is 0. The molecule has 0 aliphatic rings. The largest absolute Gasteiger partial charge is 0.247 e. The summed E-state index contributed by atoms with van der Waals surface area (Å²) in [6, 6.07) is 28.6. The highest BCUT2D eigenvalue weighted by atomic mass is 32.1. The summed E-state index contributed by atoms with van der Waals surface area (Å²) in [5.74, 6) is 0. The van der Waals surface area contributed by atoms with Crippen molar-refractivity contribution in [1.82, 2.24) is 4.98 Å². The van der Waals surface area contributed by atoms with E-state index in [-0.39, 0.29) is 0 Å². The molecule has 2 heterocycles. The van der Waals surface area contributed by atoms with Crippen LogP contribution in [-0.4, -0.2) is 4.98 Å². The molecule has 5 rings (SSSR count). The van der Waals surface area contributed by atoms with Gasteiger partial charge in [0.25, 0.3) is 0 Å². The van der Waals surface area contributed by atoms with Gasteiger partial charge in [-0.15, -0.1) is 11.3 Å². The van der Waals surface area contributed by atoms with Crippen molar-refractivity contribution in [3.05, 3.63) is 101 Å². The summed E-state index contributed by atoms with van der Waals surface area (Å²) < 4.78 is 1.22. The van der Waals surface area contributed by atoms with Crippen LogP contribution in [0.3, 0.4) is 0 Å². The molecule has 0 amide bonds. The molecule has 31 heavy (non-hydrogen) atoms. The number of benzene rings is 3. The van der Waals surface area contributed by atoms with E-state index in [0.29, 0.717) is 0 Å². The number of nitrogens with zero attached hydrogens (tertiary/aromatic N) is 1. The molecule has 0 atom stereocenters. The van der Waals surface area contributed by atoms with Crippen molar-refractivity contribution in [2.24, 2.45) is 0 Å². The lowest BCUT2D eigenvalue weighted by atomic mass is 9.95. The van der Waals surface area contributed by atoms with Gasteiger partial charge in [-0.2, -0.15) is 0 Å². The zero-order chi connectivity index (χ0) is 21.5. The lowest BCUT2D eigenvalue weighted by Gasteiger charge is -2.10. The van der Waals surface area contributed by atoms with Crippen LogP contribution in [0.4, 0.5) is 0 Å². The average Bonchev–Trinajstić information content (AvgIpc) is 3.17. The first-order chi connectivity index (χ1) is 15.0. The molecule has 0 aliphatic carbocycles. The molecule has 0 unspecified atom stereocenters. The third-order valence-corrected chi connectivity index (χ3v) is 6.97. The fourth-order valence-corrected chi connectivity index (χ4v) is 5.43. The molecule has 2 aromatic heterocycles. The fourth-order valence-electron chi connectivity index (χ4n) is 4.42. The van der Waals surface area contributed by atoms with E-state index in [9.17, 15) is 0 Å². The highest BCUT2D eigenvalue weighted by Crippen LogP contribution is 2.36. The molecule has 0 saturated heterocycles. The van der Waals surface area contributed by atoms with E-state index in [1.165, 1.54) is 54.1 Å². The van der Waals surface area contributed by atoms with Gasteiger partial charge in [-0.25, -0.2) is 4.98 Å². The van der Waals surface area contributed by atoms with E-state index in [1.54, 1.807) is 11.3 Å². The first-order valence-corrected chi connectivity index (χ1v) is 11.5. The zero-order valence-corrected chi connectivity index (χ0v) is 19.2. The van der Waals surface area contributed by atoms with E-state index in [1.807, 2.05) is 0 Å². The topological polar surface area (TPSA) is 12.9 Å². The molecule has 3 aromatic carbocycles. The quantitative estimate of drug-likeness (QED) is 0.285. The summed E-state index contributed by atoms with van der Waals surface area (Å²) >= 11 is 1.81. The van der Waals surface area contributed by atoms with E-state index >= 15 is 0 Å². The van der Waals surface area contributed by atoms with Crippen LogP contribution in [0.5, 0.6) is 0 Å². The molecule has 2 heteroatoms. The van der Waals surface area contributed by atoms with Crippen molar-refractivity contribution in [1.29, 1.82) is 0 Å². The van der Waals surface area contributed by atoms with Crippen LogP contribution in [0.2, 0.25) is 0 Å². The first kappa shape index (κ1) is 19.7. The van der Waals surface area contributed by atoms with Crippen LogP contribution >= 0.6 is 11.3 Å². The smallest absolute Gasteiger partial charge is 0.0823 e. The van der Waals surface area contributed by atoms with Gasteiger partial charge in [0, 0.05) is 10.4 Å². The second-order valence-electron chi connectivity index (χ2n) is 8.41. The molecular formula is C29H25NS. The number of thiophene rings is 1. The Balaban J connectivity index is 1.51. The average molecular weight is 420 g/mol. The van der Waals surface area contributed by atoms with Crippen molar-refractivity contribution in [3.8, 4) is 32.8 Å². The van der Waals surface area contributed by atoms with Gasteiger partial charge in [-0.05, 0) is 85.8 Å². The third-order valence-electron chi connectivity index (χ3n) is 5.83. The maximum Gasteiger partial charge on any atom is 0.0823 e. The number of rotatable bonds is 3. The van der Waals surface area contributed by atoms with Crippen LogP contribution < -0.4 is 0 Å². The molecular weight excluding hydrogens is 394 g/mol. The summed E-state index contributed by atoms with van der Waals surface area (Å²) in [4.78, 5) is 6.23. The summed E-state index contributed by atoms with van der Waals surface area (Å²) in [7, 11) is 0. The third kappa shape index (κ3) is 3.80. The van der Waals surface area contributed by atoms with Gasteiger partial charge < -0.3 is 0 Å². The number of fused-ring (bicyclic) bond motifs is 1. The normalized spacial score (nSPS) is 11.2. The van der Waals surface area contributed by atoms with Crippen LogP contribution in [-0.2, 0) is 0 Å². The van der Waals surface area contributed by atoms with Gasteiger partial charge >= 0.3 is 0 Å². The van der Waals surface area contributed by atoms with Crippen molar-refractivity contribution in [2.75, 3.05) is 0 Å². The van der Waals surface area contributed by atoms with Crippen molar-refractivity contribution in [3.63, 3.8) is 0 Å². The summed E-state index contributed by atoms with van der Waals surface area (Å²) in [5, 5.41) is 0. The molecule has 0 fully saturated rings. The Labute approximate surface area is 188 Å². The lowest BCUT2D eigenvalue weighted by Crippen LogP contribution is -1.87. The van der Waals surface area contributed by atoms with Crippen LogP contribution in [0.15, 0.2) is 78.9 Å². The Morgan fingerprint density at radius 3 is 1.94 bits per heavy atom. The van der Waals surface area contributed by atoms with Gasteiger partial charge in [0.1, 0.15) is 0 Å². The minimum atomic E-state index is 1.04. The Morgan fingerprint density at radius 2 is 1.26 bits per heavy atom. The Morgan fingerprint density at radius 1 is 0.613 bits per heavy atom. The number of pyridine rings is 1. The molecule has 0 bridgehead atoms. The van der Waals surface area contributed by atoms with E-state index in [2.05, 4.69) is 107 Å². The second kappa shape index (κ2) is 7.79. The second-order valence-corrected chi connectivity index (χ2v) is 9.49. The van der Waals surface area contributed by atoms with Gasteiger partial charge in [0.15, 0.2) is 0 Å². The number of hydrogen-bond acceptors (Lipinski definition) is 2. The Hall–Kier alpha value is -3.23. The molecule has 152 valence electrons. The molecule has 0 spiro atoms. The number of aromatic nitrogens is 1. The minimum absolute atomic E-state index is 1.04. The standard InChI is InChI=1S/C29H25NS/c1-18-14-19(2)16-24(15-18)25-12-13-27-26(30-25)17-28(31-27)22-8-10-23(11-9-22)29-20(3)6-5-7-21(29)4/h5-17H,1-4H3. The minimum Gasteiger partial charge on any atom is -0.247 e. The maximum atomic E-state index is 4.97. The molecule has 0 saturated carbocycles. The molecule has 5 aromatic rings. The fraction of sp³-hybridized carbons (Fsp3) is 0.138. The van der Waals surface area contributed by atoms with Crippen LogP contribution in [0.25, 0.3) is 43.0 Å². The molecule has 0 N–H and O–H groups in total. The summed E-state index contributed by atoms with van der Waals surface area (Å²) in [6.45, 7) is 8.64. The highest BCUT2D eigenvalue weighted by Gasteiger charge is 2.10. The van der Waals surface area contributed by atoms with Crippen molar-refractivity contribution in [2.45, 2.75) is 27.7 Å². The van der Waals surface area contributed by atoms with Crippen molar-refractivity contribution < 1.29 is 0 Å². The molecule has 1 nitrogen and oxygen atoms in total. The zero-order valence-electron chi connectivity index (χ0n) is 18.4. The van der Waals surface area contributed by atoms with Gasteiger partial charge in [0.2, 0.25) is 0 Å². The Bertz CT molecular complexity index is 1370. The highest BCUT2D eigenvalue weighted by molar-refractivity contribution is 7.22. The maximum absolute atomic E-state index is 4.97. The predicted octanol–water partition coefficient (Wildman–Crippen LogP) is 8.53. The van der Waals surface area contributed by atoms with Crippen LogP contribution in [0, 0.1) is 27.7 Å². The summed E-state index contributed by atoms with van der Waals surface area (Å²) in [5.41, 5.74) is 12.3. The number of aryl methyl sites for hydroxylation is 4. The van der Waals surface area contributed by atoms with Gasteiger partial charge in [-0.1, -0.05) is 59.7 Å². The van der Waals surface area contributed by atoms with E-state index in [0.717, 1.165) is 11.2 Å². The van der Waals surface area contributed by atoms with E-state index < -0.39 is 0 Å². The molecule has 0 radical (unpaired) electrons. The first-order valence-electron chi connectivity index (χ1n) is 10.6. The SMILES string of the molecule is Cc1cc(C)cc(-c2ccc3sc(-c4ccc(-c5c(C)cccc5C)cc4)cc3n2)c1. The predicted molar refractivity (Wildman–Crippen MR) is 135 cm³/mol. The molecule has 0 aliphatic heterocycles. The monoisotopic (exact) mass is 419 g/mol. The van der Waals surface area contributed by atoms with Crippen LogP contribution in [0.1, 0.15) is 22.3 Å².